The van der Waals surface area contributed by atoms with Gasteiger partial charge in [-0.1, -0.05) is 29.3 Å². The monoisotopic (exact) mass is 324 g/mol. The van der Waals surface area contributed by atoms with Crippen LogP contribution in [0.2, 0.25) is 4.34 Å². The Morgan fingerprint density at radius 2 is 1.81 bits per heavy atom. The molecule has 1 aromatic heterocycles. The minimum Gasteiger partial charge on any atom is -0.321 e. The van der Waals surface area contributed by atoms with Crippen LogP contribution in [0.4, 0.5) is 11.4 Å². The molecule has 0 saturated heterocycles. The summed E-state index contributed by atoms with van der Waals surface area (Å²) >= 11 is 6.66. The molecule has 1 aromatic carbocycles. The molecule has 0 spiro atoms. The maximum Gasteiger partial charge on any atom is 0.299 e. The largest absolute Gasteiger partial charge is 0.321 e. The topological polar surface area (TPSA) is 72.2 Å². The highest BCUT2D eigenvalue weighted by molar-refractivity contribution is 7.18. The molecular formula is C14H13ClN2O3S. The number of rotatable bonds is 3. The molecule has 0 fully saturated rings. The van der Waals surface area contributed by atoms with Crippen molar-refractivity contribution >= 4 is 40.2 Å². The summed E-state index contributed by atoms with van der Waals surface area (Å²) in [4.78, 5) is 22.6. The molecule has 0 aliphatic rings. The fourth-order valence-electron chi connectivity index (χ4n) is 2.15. The van der Waals surface area contributed by atoms with Gasteiger partial charge in [-0.3, -0.25) is 14.9 Å². The molecule has 2 rings (SSSR count). The zero-order valence-electron chi connectivity index (χ0n) is 11.7. The van der Waals surface area contributed by atoms with Crippen LogP contribution in [0.5, 0.6) is 0 Å². The molecule has 1 N–H and O–H groups in total. The Labute approximate surface area is 130 Å². The third-order valence-corrected chi connectivity index (χ3v) is 4.34. The smallest absolute Gasteiger partial charge is 0.299 e. The third kappa shape index (κ3) is 3.22. The highest BCUT2D eigenvalue weighted by atomic mass is 35.5. The van der Waals surface area contributed by atoms with Crippen molar-refractivity contribution in [1.82, 2.24) is 0 Å². The Balaban J connectivity index is 2.31. The predicted molar refractivity (Wildman–Crippen MR) is 84.6 cm³/mol. The van der Waals surface area contributed by atoms with Crippen LogP contribution in [-0.4, -0.2) is 10.8 Å². The molecule has 0 aliphatic heterocycles. The first-order chi connectivity index (χ1) is 9.79. The molecule has 2 aromatic rings. The van der Waals surface area contributed by atoms with Crippen LogP contribution in [0, 0.1) is 30.9 Å². The number of benzene rings is 1. The van der Waals surface area contributed by atoms with Gasteiger partial charge >= 0.3 is 0 Å². The molecule has 0 radical (unpaired) electrons. The summed E-state index contributed by atoms with van der Waals surface area (Å²) in [6.07, 6.45) is 0. The van der Waals surface area contributed by atoms with Crippen LogP contribution < -0.4 is 5.32 Å². The summed E-state index contributed by atoms with van der Waals surface area (Å²) in [5.41, 5.74) is 3.47. The number of nitrogens with one attached hydrogen (secondary N) is 1. The SMILES string of the molecule is Cc1cc(C)c(NC(=O)c2cc([N+](=O)[O-])c(Cl)s2)c(C)c1. The van der Waals surface area contributed by atoms with Crippen LogP contribution in [0.1, 0.15) is 26.4 Å². The maximum absolute atomic E-state index is 12.2. The summed E-state index contributed by atoms with van der Waals surface area (Å²) in [5.74, 6) is -0.398. The molecule has 21 heavy (non-hydrogen) atoms. The summed E-state index contributed by atoms with van der Waals surface area (Å²) in [7, 11) is 0. The van der Waals surface area contributed by atoms with Gasteiger partial charge in [0.15, 0.2) is 4.34 Å². The maximum atomic E-state index is 12.2. The highest BCUT2D eigenvalue weighted by Crippen LogP contribution is 2.34. The second kappa shape index (κ2) is 5.83. The van der Waals surface area contributed by atoms with E-state index in [1.807, 2.05) is 32.9 Å². The number of thiophene rings is 1. The van der Waals surface area contributed by atoms with Crippen LogP contribution >= 0.6 is 22.9 Å². The van der Waals surface area contributed by atoms with Gasteiger partial charge < -0.3 is 5.32 Å². The summed E-state index contributed by atoms with van der Waals surface area (Å²) in [6, 6.07) is 5.13. The first-order valence-electron chi connectivity index (χ1n) is 6.12. The molecule has 0 saturated carbocycles. The van der Waals surface area contributed by atoms with Gasteiger partial charge in [-0.2, -0.15) is 0 Å². The van der Waals surface area contributed by atoms with Crippen molar-refractivity contribution < 1.29 is 9.72 Å². The van der Waals surface area contributed by atoms with Crippen LogP contribution in [0.3, 0.4) is 0 Å². The fourth-order valence-corrected chi connectivity index (χ4v) is 3.27. The lowest BCUT2D eigenvalue weighted by Gasteiger charge is -2.12. The van der Waals surface area contributed by atoms with Crippen molar-refractivity contribution in [3.05, 3.63) is 54.2 Å². The fraction of sp³-hybridized carbons (Fsp3) is 0.214. The molecule has 0 bridgehead atoms. The number of nitro groups is 1. The van der Waals surface area contributed by atoms with Crippen LogP contribution in [0.15, 0.2) is 18.2 Å². The standard InChI is InChI=1S/C14H13ClN2O3S/c1-7-4-8(2)12(9(3)5-7)16-14(18)11-6-10(17(19)20)13(15)21-11/h4-6H,1-3H3,(H,16,18). The second-order valence-corrected chi connectivity index (χ2v) is 6.41. The number of hydrogen-bond donors (Lipinski definition) is 1. The molecule has 110 valence electrons. The van der Waals surface area contributed by atoms with E-state index >= 15 is 0 Å². The van der Waals surface area contributed by atoms with Crippen molar-refractivity contribution in [2.45, 2.75) is 20.8 Å². The Kier molecular flexibility index (Phi) is 4.29. The number of amides is 1. The van der Waals surface area contributed by atoms with Gasteiger partial charge in [-0.05, 0) is 31.9 Å². The van der Waals surface area contributed by atoms with Crippen molar-refractivity contribution in [3.8, 4) is 0 Å². The van der Waals surface area contributed by atoms with E-state index in [4.69, 9.17) is 11.6 Å². The van der Waals surface area contributed by atoms with E-state index in [2.05, 4.69) is 5.32 Å². The Hall–Kier alpha value is -1.92. The summed E-state index contributed by atoms with van der Waals surface area (Å²) < 4.78 is 0.00231. The average molecular weight is 325 g/mol. The van der Waals surface area contributed by atoms with E-state index < -0.39 is 10.8 Å². The van der Waals surface area contributed by atoms with Gasteiger partial charge in [0.2, 0.25) is 0 Å². The van der Waals surface area contributed by atoms with Gasteiger partial charge in [0.1, 0.15) is 4.88 Å². The van der Waals surface area contributed by atoms with E-state index in [0.29, 0.717) is 0 Å². The van der Waals surface area contributed by atoms with Crippen molar-refractivity contribution in [2.24, 2.45) is 0 Å². The van der Waals surface area contributed by atoms with Gasteiger partial charge in [0.05, 0.1) is 4.92 Å². The normalized spacial score (nSPS) is 10.5. The second-order valence-electron chi connectivity index (χ2n) is 4.75. The average Bonchev–Trinajstić information content (AvgIpc) is 2.75. The molecule has 0 unspecified atom stereocenters. The molecular weight excluding hydrogens is 312 g/mol. The molecule has 5 nitrogen and oxygen atoms in total. The number of aryl methyl sites for hydroxylation is 3. The van der Waals surface area contributed by atoms with Gasteiger partial charge in [0.25, 0.3) is 11.6 Å². The van der Waals surface area contributed by atoms with Crippen LogP contribution in [-0.2, 0) is 0 Å². The number of hydrogen-bond acceptors (Lipinski definition) is 4. The van der Waals surface area contributed by atoms with Crippen LogP contribution in [0.25, 0.3) is 0 Å². The molecule has 7 heteroatoms. The number of nitrogens with zero attached hydrogens (tertiary/aromatic N) is 1. The lowest BCUT2D eigenvalue weighted by molar-refractivity contribution is -0.384. The summed E-state index contributed by atoms with van der Waals surface area (Å²) in [5, 5.41) is 13.5. The Morgan fingerprint density at radius 3 is 2.29 bits per heavy atom. The van der Waals surface area contributed by atoms with E-state index in [1.54, 1.807) is 0 Å². The Bertz CT molecular complexity index is 717. The van der Waals surface area contributed by atoms with Gasteiger partial charge in [0, 0.05) is 11.8 Å². The zero-order valence-corrected chi connectivity index (χ0v) is 13.3. The molecule has 0 aliphatic carbocycles. The lowest BCUT2D eigenvalue weighted by atomic mass is 10.1. The number of carbonyl (C=O) groups is 1. The number of carbonyl (C=O) groups excluding carboxylic acids is 1. The quantitative estimate of drug-likeness (QED) is 0.668. The number of anilines is 1. The van der Waals surface area contributed by atoms with Crippen molar-refractivity contribution in [1.29, 1.82) is 0 Å². The summed E-state index contributed by atoms with van der Waals surface area (Å²) in [6.45, 7) is 5.78. The third-order valence-electron chi connectivity index (χ3n) is 3.00. The van der Waals surface area contributed by atoms with E-state index in [-0.39, 0.29) is 14.9 Å². The van der Waals surface area contributed by atoms with E-state index in [9.17, 15) is 14.9 Å². The zero-order chi connectivity index (χ0) is 15.7. The Morgan fingerprint density at radius 1 is 1.24 bits per heavy atom. The van der Waals surface area contributed by atoms with Crippen molar-refractivity contribution in [2.75, 3.05) is 5.32 Å². The first-order valence-corrected chi connectivity index (χ1v) is 7.32. The first kappa shape index (κ1) is 15.5. The van der Waals surface area contributed by atoms with Crippen molar-refractivity contribution in [3.63, 3.8) is 0 Å². The predicted octanol–water partition coefficient (Wildman–Crippen LogP) is 4.49. The van der Waals surface area contributed by atoms with Gasteiger partial charge in [-0.15, -0.1) is 11.3 Å². The minimum absolute atomic E-state index is 0.00231. The lowest BCUT2D eigenvalue weighted by Crippen LogP contribution is -2.12. The molecule has 1 heterocycles. The van der Waals surface area contributed by atoms with Gasteiger partial charge in [-0.25, -0.2) is 0 Å². The van der Waals surface area contributed by atoms with E-state index in [0.717, 1.165) is 33.7 Å². The molecule has 1 amide bonds. The minimum atomic E-state index is -0.599. The van der Waals surface area contributed by atoms with E-state index in [1.165, 1.54) is 6.07 Å². The highest BCUT2D eigenvalue weighted by Gasteiger charge is 2.21. The molecule has 0 atom stereocenters. The number of halogens is 1.